The highest BCUT2D eigenvalue weighted by Crippen LogP contribution is 2.33. The van der Waals surface area contributed by atoms with Crippen molar-refractivity contribution in [1.82, 2.24) is 15.1 Å². The van der Waals surface area contributed by atoms with Crippen molar-refractivity contribution in [3.63, 3.8) is 0 Å². The van der Waals surface area contributed by atoms with Crippen molar-refractivity contribution in [2.75, 3.05) is 18.0 Å². The second-order valence-electron chi connectivity index (χ2n) is 9.93. The third-order valence-electron chi connectivity index (χ3n) is 6.29. The SMILES string of the molecule is Cn1nc(C2CCC(=O)NC2=O)c2ccc(N3CCC(CC(=O)OC(C)(C)C)CC3)cc21. The number of amides is 2. The van der Waals surface area contributed by atoms with Gasteiger partial charge in [-0.3, -0.25) is 24.4 Å². The lowest BCUT2D eigenvalue weighted by Crippen LogP contribution is -2.39. The van der Waals surface area contributed by atoms with Gasteiger partial charge in [-0.1, -0.05) is 0 Å². The topological polar surface area (TPSA) is 93.5 Å². The number of carbonyl (C=O) groups excluding carboxylic acids is 3. The van der Waals surface area contributed by atoms with E-state index in [4.69, 9.17) is 4.74 Å². The van der Waals surface area contributed by atoms with Gasteiger partial charge in [0.2, 0.25) is 11.8 Å². The minimum atomic E-state index is -0.441. The second kappa shape index (κ2) is 8.56. The first-order valence-corrected chi connectivity index (χ1v) is 11.4. The monoisotopic (exact) mass is 440 g/mol. The molecule has 0 spiro atoms. The summed E-state index contributed by atoms with van der Waals surface area (Å²) in [4.78, 5) is 38.3. The summed E-state index contributed by atoms with van der Waals surface area (Å²) >= 11 is 0. The Balaban J connectivity index is 1.44. The number of hydrogen-bond donors (Lipinski definition) is 1. The fourth-order valence-electron chi connectivity index (χ4n) is 4.70. The molecule has 2 fully saturated rings. The van der Waals surface area contributed by atoms with E-state index in [2.05, 4.69) is 27.4 Å². The minimum Gasteiger partial charge on any atom is -0.460 e. The van der Waals surface area contributed by atoms with E-state index in [9.17, 15) is 14.4 Å². The molecule has 0 aliphatic carbocycles. The molecule has 1 atom stereocenters. The van der Waals surface area contributed by atoms with Gasteiger partial charge in [0.15, 0.2) is 0 Å². The maximum atomic E-state index is 12.3. The molecule has 4 rings (SSSR count). The lowest BCUT2D eigenvalue weighted by atomic mass is 9.92. The van der Waals surface area contributed by atoms with Crippen LogP contribution in [0.25, 0.3) is 10.9 Å². The molecule has 2 saturated heterocycles. The van der Waals surface area contributed by atoms with Crippen LogP contribution in [0.5, 0.6) is 0 Å². The molecule has 1 aromatic carbocycles. The Hall–Kier alpha value is -2.90. The number of piperidine rings is 2. The van der Waals surface area contributed by atoms with Gasteiger partial charge in [-0.2, -0.15) is 5.10 Å². The molecule has 1 aromatic heterocycles. The third kappa shape index (κ3) is 4.79. The number of rotatable bonds is 4. The van der Waals surface area contributed by atoms with Crippen LogP contribution < -0.4 is 10.2 Å². The van der Waals surface area contributed by atoms with E-state index in [-0.39, 0.29) is 17.8 Å². The van der Waals surface area contributed by atoms with Gasteiger partial charge in [-0.25, -0.2) is 0 Å². The molecule has 2 amide bonds. The van der Waals surface area contributed by atoms with Crippen LogP contribution in [0.3, 0.4) is 0 Å². The Labute approximate surface area is 188 Å². The number of aryl methyl sites for hydroxylation is 1. The van der Waals surface area contributed by atoms with Gasteiger partial charge in [-0.15, -0.1) is 0 Å². The van der Waals surface area contributed by atoms with Gasteiger partial charge in [0.25, 0.3) is 0 Å². The van der Waals surface area contributed by atoms with E-state index < -0.39 is 11.5 Å². The molecule has 0 radical (unpaired) electrons. The van der Waals surface area contributed by atoms with E-state index in [1.807, 2.05) is 38.6 Å². The smallest absolute Gasteiger partial charge is 0.306 e. The summed E-state index contributed by atoms with van der Waals surface area (Å²) in [6.07, 6.45) is 3.20. The maximum Gasteiger partial charge on any atom is 0.306 e. The maximum absolute atomic E-state index is 12.3. The number of anilines is 1. The van der Waals surface area contributed by atoms with Crippen LogP contribution in [0, 0.1) is 5.92 Å². The predicted molar refractivity (Wildman–Crippen MR) is 121 cm³/mol. The molecule has 8 heteroatoms. The highest BCUT2D eigenvalue weighted by molar-refractivity contribution is 6.02. The number of benzene rings is 1. The molecule has 3 heterocycles. The fourth-order valence-corrected chi connectivity index (χ4v) is 4.70. The number of nitrogens with zero attached hydrogens (tertiary/aromatic N) is 3. The standard InChI is InChI=1S/C24H32N4O4/c1-24(2,3)32-21(30)13-15-9-11-28(12-10-15)16-5-6-17-19(14-16)27(4)26-22(17)18-7-8-20(29)25-23(18)31/h5-6,14-15,18H,7-13H2,1-4H3,(H,25,29,31). The molecule has 2 aliphatic heterocycles. The largest absolute Gasteiger partial charge is 0.460 e. The Kier molecular flexibility index (Phi) is 5.97. The second-order valence-corrected chi connectivity index (χ2v) is 9.93. The first-order valence-electron chi connectivity index (χ1n) is 11.4. The van der Waals surface area contributed by atoms with E-state index in [0.29, 0.717) is 25.2 Å². The van der Waals surface area contributed by atoms with Gasteiger partial charge in [0.1, 0.15) is 5.60 Å². The summed E-state index contributed by atoms with van der Waals surface area (Å²) in [6.45, 7) is 7.46. The highest BCUT2D eigenvalue weighted by Gasteiger charge is 2.32. The predicted octanol–water partition coefficient (Wildman–Crippen LogP) is 3.04. The number of imide groups is 1. The van der Waals surface area contributed by atoms with Crippen LogP contribution in [-0.4, -0.2) is 46.3 Å². The molecule has 2 aromatic rings. The zero-order valence-electron chi connectivity index (χ0n) is 19.3. The number of ether oxygens (including phenoxy) is 1. The lowest BCUT2D eigenvalue weighted by Gasteiger charge is -2.33. The van der Waals surface area contributed by atoms with Gasteiger partial charge < -0.3 is 9.64 Å². The average molecular weight is 441 g/mol. The number of aromatic nitrogens is 2. The van der Waals surface area contributed by atoms with Crippen LogP contribution in [-0.2, 0) is 26.2 Å². The van der Waals surface area contributed by atoms with Gasteiger partial charge in [0, 0.05) is 44.1 Å². The van der Waals surface area contributed by atoms with E-state index in [0.717, 1.165) is 48.2 Å². The Morgan fingerprint density at radius 1 is 1.19 bits per heavy atom. The number of hydrogen-bond acceptors (Lipinski definition) is 6. The molecule has 0 saturated carbocycles. The van der Waals surface area contributed by atoms with E-state index in [1.54, 1.807) is 0 Å². The zero-order chi connectivity index (χ0) is 23.0. The van der Waals surface area contributed by atoms with Gasteiger partial charge in [-0.05, 0) is 64.2 Å². The number of fused-ring (bicyclic) bond motifs is 1. The van der Waals surface area contributed by atoms with Crippen LogP contribution in [0.4, 0.5) is 5.69 Å². The van der Waals surface area contributed by atoms with Crippen molar-refractivity contribution in [3.05, 3.63) is 23.9 Å². The molecule has 2 aliphatic rings. The summed E-state index contributed by atoms with van der Waals surface area (Å²) in [5, 5.41) is 8.00. The van der Waals surface area contributed by atoms with Crippen LogP contribution in [0.15, 0.2) is 18.2 Å². The Morgan fingerprint density at radius 2 is 1.91 bits per heavy atom. The first kappa shape index (κ1) is 22.3. The average Bonchev–Trinajstić information content (AvgIpc) is 3.03. The summed E-state index contributed by atoms with van der Waals surface area (Å²) in [5.41, 5.74) is 2.38. The highest BCUT2D eigenvalue weighted by atomic mass is 16.6. The fraction of sp³-hybridized carbons (Fsp3) is 0.583. The Bertz CT molecular complexity index is 1040. The van der Waals surface area contributed by atoms with Crippen molar-refractivity contribution in [1.29, 1.82) is 0 Å². The molecular weight excluding hydrogens is 408 g/mol. The van der Waals surface area contributed by atoms with Crippen molar-refractivity contribution in [2.45, 2.75) is 64.4 Å². The zero-order valence-corrected chi connectivity index (χ0v) is 19.3. The van der Waals surface area contributed by atoms with Crippen LogP contribution in [0.2, 0.25) is 0 Å². The summed E-state index contributed by atoms with van der Waals surface area (Å²) in [5.74, 6) is -0.652. The first-order chi connectivity index (χ1) is 15.1. The number of carbonyl (C=O) groups is 3. The molecule has 1 N–H and O–H groups in total. The lowest BCUT2D eigenvalue weighted by molar-refractivity contribution is -0.156. The molecule has 32 heavy (non-hydrogen) atoms. The van der Waals surface area contributed by atoms with Crippen molar-refractivity contribution in [3.8, 4) is 0 Å². The summed E-state index contributed by atoms with van der Waals surface area (Å²) in [6, 6.07) is 6.23. The molecule has 0 bridgehead atoms. The van der Waals surface area contributed by atoms with Gasteiger partial charge in [0.05, 0.1) is 17.1 Å². The van der Waals surface area contributed by atoms with Crippen LogP contribution in [0.1, 0.15) is 64.5 Å². The third-order valence-corrected chi connectivity index (χ3v) is 6.29. The molecule has 172 valence electrons. The summed E-state index contributed by atoms with van der Waals surface area (Å²) in [7, 11) is 1.88. The van der Waals surface area contributed by atoms with Crippen molar-refractivity contribution >= 4 is 34.4 Å². The quantitative estimate of drug-likeness (QED) is 0.580. The molecular formula is C24H32N4O4. The normalized spacial score (nSPS) is 20.5. The van der Waals surface area contributed by atoms with Gasteiger partial charge >= 0.3 is 5.97 Å². The number of nitrogens with one attached hydrogen (secondary N) is 1. The molecule has 1 unspecified atom stereocenters. The summed E-state index contributed by atoms with van der Waals surface area (Å²) < 4.78 is 7.28. The van der Waals surface area contributed by atoms with Crippen molar-refractivity contribution < 1.29 is 19.1 Å². The minimum absolute atomic E-state index is 0.117. The molecule has 8 nitrogen and oxygen atoms in total. The van der Waals surface area contributed by atoms with E-state index >= 15 is 0 Å². The number of esters is 1. The Morgan fingerprint density at radius 3 is 2.56 bits per heavy atom. The van der Waals surface area contributed by atoms with E-state index in [1.165, 1.54) is 0 Å². The van der Waals surface area contributed by atoms with Crippen LogP contribution >= 0.6 is 0 Å². The van der Waals surface area contributed by atoms with Crippen molar-refractivity contribution in [2.24, 2.45) is 13.0 Å².